The number of aryl methyl sites for hydroxylation is 1. The Morgan fingerprint density at radius 1 is 1.32 bits per heavy atom. The predicted octanol–water partition coefficient (Wildman–Crippen LogP) is 3.59. The molecule has 1 aliphatic heterocycles. The van der Waals surface area contributed by atoms with Crippen molar-refractivity contribution in [2.24, 2.45) is 0 Å². The van der Waals surface area contributed by atoms with Crippen LogP contribution in [0, 0.1) is 6.92 Å². The second-order valence-electron chi connectivity index (χ2n) is 6.04. The van der Waals surface area contributed by atoms with Gasteiger partial charge in [-0.25, -0.2) is 9.78 Å². The van der Waals surface area contributed by atoms with E-state index in [1.807, 2.05) is 6.07 Å². The number of halogens is 1. The maximum Gasteiger partial charge on any atom is 0.348 e. The van der Waals surface area contributed by atoms with E-state index >= 15 is 0 Å². The standard InChI is InChI=1S/C19H15ClN2O5S/c1-9-14-17(23)21-16(22-18(14)28-15(9)19(24)25-2)11(20)7-10-3-4-12-13(8-10)27-6-5-26-12/h3-4,7-8H,5-6H2,1-2H3,(H,21,22,23)/b11-7-. The van der Waals surface area contributed by atoms with Crippen molar-refractivity contribution in [3.05, 3.63) is 50.4 Å². The number of nitrogens with zero attached hydrogens (tertiary/aromatic N) is 1. The molecule has 0 atom stereocenters. The summed E-state index contributed by atoms with van der Waals surface area (Å²) in [5.41, 5.74) is 0.950. The molecule has 0 saturated heterocycles. The fraction of sp³-hybridized carbons (Fsp3) is 0.211. The number of carbonyl (C=O) groups excluding carboxylic acids is 1. The van der Waals surface area contributed by atoms with Crippen molar-refractivity contribution in [1.82, 2.24) is 9.97 Å². The third-order valence-corrected chi connectivity index (χ3v) is 5.71. The summed E-state index contributed by atoms with van der Waals surface area (Å²) in [5, 5.41) is 0.610. The Morgan fingerprint density at radius 3 is 2.82 bits per heavy atom. The van der Waals surface area contributed by atoms with Crippen molar-refractivity contribution >= 4 is 50.2 Å². The Balaban J connectivity index is 1.75. The summed E-state index contributed by atoms with van der Waals surface area (Å²) in [5.74, 6) is 1.03. The van der Waals surface area contributed by atoms with Crippen molar-refractivity contribution < 1.29 is 19.0 Å². The van der Waals surface area contributed by atoms with E-state index in [0.717, 1.165) is 16.9 Å². The van der Waals surface area contributed by atoms with Gasteiger partial charge in [0.2, 0.25) is 0 Å². The Labute approximate surface area is 168 Å². The van der Waals surface area contributed by atoms with Crippen LogP contribution in [-0.2, 0) is 4.74 Å². The lowest BCUT2D eigenvalue weighted by Crippen LogP contribution is -2.15. The third-order valence-electron chi connectivity index (χ3n) is 4.26. The van der Waals surface area contributed by atoms with E-state index in [-0.39, 0.29) is 16.4 Å². The van der Waals surface area contributed by atoms with E-state index in [0.29, 0.717) is 45.4 Å². The van der Waals surface area contributed by atoms with Gasteiger partial charge in [0.25, 0.3) is 5.56 Å². The number of hydrogen-bond acceptors (Lipinski definition) is 7. The average molecular weight is 419 g/mol. The van der Waals surface area contributed by atoms with Crippen LogP contribution in [0.25, 0.3) is 21.3 Å². The van der Waals surface area contributed by atoms with Gasteiger partial charge in [0.1, 0.15) is 22.9 Å². The summed E-state index contributed by atoms with van der Waals surface area (Å²) in [4.78, 5) is 32.3. The molecule has 3 heterocycles. The number of rotatable bonds is 3. The minimum atomic E-state index is -0.501. The van der Waals surface area contributed by atoms with Gasteiger partial charge in [-0.15, -0.1) is 11.3 Å². The quantitative estimate of drug-likeness (QED) is 0.654. The van der Waals surface area contributed by atoms with E-state index in [4.69, 9.17) is 25.8 Å². The average Bonchev–Trinajstić information content (AvgIpc) is 3.04. The van der Waals surface area contributed by atoms with E-state index in [1.54, 1.807) is 25.1 Å². The van der Waals surface area contributed by atoms with Crippen LogP contribution < -0.4 is 15.0 Å². The Hall–Kier alpha value is -2.84. The van der Waals surface area contributed by atoms with Gasteiger partial charge in [0.15, 0.2) is 17.3 Å². The van der Waals surface area contributed by atoms with Crippen molar-refractivity contribution in [3.8, 4) is 11.5 Å². The number of ether oxygens (including phenoxy) is 3. The molecule has 4 rings (SSSR count). The van der Waals surface area contributed by atoms with Crippen molar-refractivity contribution in [3.63, 3.8) is 0 Å². The summed E-state index contributed by atoms with van der Waals surface area (Å²) < 4.78 is 15.8. The molecule has 3 aromatic rings. The molecule has 144 valence electrons. The minimum Gasteiger partial charge on any atom is -0.486 e. The molecule has 0 aliphatic carbocycles. The zero-order valence-corrected chi connectivity index (χ0v) is 16.6. The number of thiophene rings is 1. The van der Waals surface area contributed by atoms with Crippen molar-refractivity contribution in [2.45, 2.75) is 6.92 Å². The molecule has 7 nitrogen and oxygen atoms in total. The Kier molecular flexibility index (Phi) is 4.82. The summed E-state index contributed by atoms with van der Waals surface area (Å²) >= 11 is 7.50. The molecule has 1 N–H and O–H groups in total. The molecule has 0 saturated carbocycles. The number of esters is 1. The summed E-state index contributed by atoms with van der Waals surface area (Å²) in [6.07, 6.45) is 1.67. The number of H-pyrrole nitrogens is 1. The first kappa shape index (κ1) is 18.5. The minimum absolute atomic E-state index is 0.215. The highest BCUT2D eigenvalue weighted by Gasteiger charge is 2.20. The molecule has 0 unspecified atom stereocenters. The lowest BCUT2D eigenvalue weighted by atomic mass is 10.1. The number of hydrogen-bond donors (Lipinski definition) is 1. The van der Waals surface area contributed by atoms with Crippen molar-refractivity contribution in [2.75, 3.05) is 20.3 Å². The molecule has 0 fully saturated rings. The van der Waals surface area contributed by atoms with Crippen LogP contribution in [0.2, 0.25) is 0 Å². The van der Waals surface area contributed by atoms with Gasteiger partial charge >= 0.3 is 5.97 Å². The molecule has 0 spiro atoms. The monoisotopic (exact) mass is 418 g/mol. The topological polar surface area (TPSA) is 90.5 Å². The number of methoxy groups -OCH3 is 1. The first-order valence-electron chi connectivity index (χ1n) is 8.37. The van der Waals surface area contributed by atoms with E-state index in [1.165, 1.54) is 7.11 Å². The normalized spacial score (nSPS) is 13.6. The number of aromatic nitrogens is 2. The zero-order valence-electron chi connectivity index (χ0n) is 15.0. The highest BCUT2D eigenvalue weighted by Crippen LogP contribution is 2.33. The molecule has 28 heavy (non-hydrogen) atoms. The van der Waals surface area contributed by atoms with E-state index in [9.17, 15) is 9.59 Å². The Bertz CT molecular complexity index is 1180. The third kappa shape index (κ3) is 3.25. The molecule has 1 aliphatic rings. The first-order chi connectivity index (χ1) is 13.5. The number of nitrogens with one attached hydrogen (secondary N) is 1. The van der Waals surface area contributed by atoms with Gasteiger partial charge in [-0.2, -0.15) is 0 Å². The lowest BCUT2D eigenvalue weighted by molar-refractivity contribution is 0.0605. The van der Waals surface area contributed by atoms with Crippen LogP contribution in [0.15, 0.2) is 23.0 Å². The molecule has 0 radical (unpaired) electrons. The smallest absolute Gasteiger partial charge is 0.348 e. The summed E-state index contributed by atoms with van der Waals surface area (Å²) in [7, 11) is 1.29. The molecule has 0 amide bonds. The van der Waals surface area contributed by atoms with Gasteiger partial charge in [-0.3, -0.25) is 4.79 Å². The van der Waals surface area contributed by atoms with Gasteiger partial charge in [-0.1, -0.05) is 17.7 Å². The second-order valence-corrected chi connectivity index (χ2v) is 7.44. The fourth-order valence-corrected chi connectivity index (χ4v) is 4.22. The van der Waals surface area contributed by atoms with Crippen molar-refractivity contribution in [1.29, 1.82) is 0 Å². The molecule has 2 aromatic heterocycles. The second kappa shape index (κ2) is 7.29. The number of benzene rings is 1. The molecule has 9 heteroatoms. The van der Waals surface area contributed by atoms with Gasteiger partial charge < -0.3 is 19.2 Å². The maximum absolute atomic E-state index is 12.5. The van der Waals surface area contributed by atoms with Gasteiger partial charge in [0, 0.05) is 0 Å². The predicted molar refractivity (Wildman–Crippen MR) is 107 cm³/mol. The van der Waals surface area contributed by atoms with E-state index < -0.39 is 5.97 Å². The van der Waals surface area contributed by atoms with Crippen LogP contribution in [0.4, 0.5) is 0 Å². The zero-order chi connectivity index (χ0) is 19.8. The van der Waals surface area contributed by atoms with Crippen LogP contribution in [0.1, 0.15) is 26.6 Å². The SMILES string of the molecule is COC(=O)c1sc2nc(/C(Cl)=C/c3ccc4c(c3)OCCO4)[nH]c(=O)c2c1C. The number of aromatic amines is 1. The molecule has 0 bridgehead atoms. The van der Waals surface area contributed by atoms with Gasteiger partial charge in [-0.05, 0) is 36.3 Å². The number of carbonyl (C=O) groups is 1. The van der Waals surface area contributed by atoms with Crippen LogP contribution >= 0.6 is 22.9 Å². The molecular weight excluding hydrogens is 404 g/mol. The highest BCUT2D eigenvalue weighted by molar-refractivity contribution is 7.20. The van der Waals surface area contributed by atoms with Crippen LogP contribution in [0.3, 0.4) is 0 Å². The maximum atomic E-state index is 12.5. The summed E-state index contributed by atoms with van der Waals surface area (Å²) in [6, 6.07) is 5.43. The fourth-order valence-electron chi connectivity index (χ4n) is 2.91. The largest absolute Gasteiger partial charge is 0.486 e. The first-order valence-corrected chi connectivity index (χ1v) is 9.56. The molecule has 1 aromatic carbocycles. The van der Waals surface area contributed by atoms with E-state index in [2.05, 4.69) is 9.97 Å². The van der Waals surface area contributed by atoms with Gasteiger partial charge in [0.05, 0.1) is 17.5 Å². The van der Waals surface area contributed by atoms with Crippen LogP contribution in [0.5, 0.6) is 11.5 Å². The lowest BCUT2D eigenvalue weighted by Gasteiger charge is -2.18. The molecular formula is C19H15ClN2O5S. The highest BCUT2D eigenvalue weighted by atomic mass is 35.5. The summed E-state index contributed by atoms with van der Waals surface area (Å²) in [6.45, 7) is 2.69. The van der Waals surface area contributed by atoms with Crippen LogP contribution in [-0.4, -0.2) is 36.3 Å². The Morgan fingerprint density at radius 2 is 2.07 bits per heavy atom. The number of fused-ring (bicyclic) bond motifs is 2.